The van der Waals surface area contributed by atoms with Gasteiger partial charge in [-0.2, -0.15) is 0 Å². The second-order valence-corrected chi connectivity index (χ2v) is 7.78. The Kier molecular flexibility index (Phi) is 4.83. The smallest absolute Gasteiger partial charge is 0.258 e. The lowest BCUT2D eigenvalue weighted by Crippen LogP contribution is -2.13. The van der Waals surface area contributed by atoms with E-state index in [0.717, 1.165) is 26.4 Å². The summed E-state index contributed by atoms with van der Waals surface area (Å²) in [6.45, 7) is 1.93. The van der Waals surface area contributed by atoms with Gasteiger partial charge in [-0.05, 0) is 36.8 Å². The van der Waals surface area contributed by atoms with E-state index in [9.17, 15) is 4.79 Å². The number of pyridine rings is 1. The molecule has 0 bridgehead atoms. The Morgan fingerprint density at radius 1 is 1.11 bits per heavy atom. The van der Waals surface area contributed by atoms with Crippen LogP contribution in [0, 0.1) is 6.92 Å². The van der Waals surface area contributed by atoms with Gasteiger partial charge in [-0.3, -0.25) is 4.79 Å². The predicted molar refractivity (Wildman–Crippen MR) is 112 cm³/mol. The topological polar surface area (TPSA) is 54.9 Å². The fourth-order valence-electron chi connectivity index (χ4n) is 2.65. The fraction of sp³-hybridized carbons (Fsp3) is 0.0500. The maximum absolute atomic E-state index is 12.6. The number of nitrogens with one attached hydrogen (secondary N) is 1. The van der Waals surface area contributed by atoms with Gasteiger partial charge in [0.25, 0.3) is 5.91 Å². The number of hydrogen-bond donors (Lipinski definition) is 1. The highest BCUT2D eigenvalue weighted by atomic mass is 35.5. The molecular formula is C20H13Cl2N3OS. The van der Waals surface area contributed by atoms with Crippen LogP contribution in [0.25, 0.3) is 20.8 Å². The van der Waals surface area contributed by atoms with E-state index in [2.05, 4.69) is 15.3 Å². The number of carbonyl (C=O) groups is 1. The van der Waals surface area contributed by atoms with Gasteiger partial charge in [0.2, 0.25) is 0 Å². The maximum atomic E-state index is 12.6. The molecule has 0 saturated heterocycles. The summed E-state index contributed by atoms with van der Waals surface area (Å²) in [5.74, 6) is -0.339. The number of hydrogen-bond acceptors (Lipinski definition) is 4. The summed E-state index contributed by atoms with van der Waals surface area (Å²) in [6.07, 6.45) is 1.37. The zero-order valence-electron chi connectivity index (χ0n) is 14.2. The van der Waals surface area contributed by atoms with E-state index in [-0.39, 0.29) is 21.6 Å². The highest BCUT2D eigenvalue weighted by Gasteiger charge is 2.14. The van der Waals surface area contributed by atoms with Crippen molar-refractivity contribution in [3.05, 3.63) is 76.0 Å². The lowest BCUT2D eigenvalue weighted by atomic mass is 10.1. The summed E-state index contributed by atoms with van der Waals surface area (Å²) in [5.41, 5.74) is 3.81. The molecule has 4 rings (SSSR count). The van der Waals surface area contributed by atoms with Crippen LogP contribution in [0.2, 0.25) is 10.2 Å². The van der Waals surface area contributed by atoms with Crippen LogP contribution >= 0.6 is 34.5 Å². The number of amides is 1. The van der Waals surface area contributed by atoms with Gasteiger partial charge >= 0.3 is 0 Å². The maximum Gasteiger partial charge on any atom is 0.258 e. The first-order valence-corrected chi connectivity index (χ1v) is 9.67. The predicted octanol–water partition coefficient (Wildman–Crippen LogP) is 6.23. The molecule has 0 saturated carbocycles. The third kappa shape index (κ3) is 3.67. The molecule has 1 amide bonds. The molecule has 27 heavy (non-hydrogen) atoms. The van der Waals surface area contributed by atoms with Gasteiger partial charge in [0.15, 0.2) is 0 Å². The molecule has 2 aromatic carbocycles. The highest BCUT2D eigenvalue weighted by Crippen LogP contribution is 2.32. The average molecular weight is 414 g/mol. The zero-order chi connectivity index (χ0) is 19.0. The van der Waals surface area contributed by atoms with E-state index >= 15 is 0 Å². The number of nitrogens with zero attached hydrogens (tertiary/aromatic N) is 2. The van der Waals surface area contributed by atoms with Crippen LogP contribution in [0.4, 0.5) is 5.69 Å². The van der Waals surface area contributed by atoms with Gasteiger partial charge in [0, 0.05) is 17.4 Å². The number of thiazole rings is 1. The van der Waals surface area contributed by atoms with Crippen molar-refractivity contribution >= 4 is 56.3 Å². The van der Waals surface area contributed by atoms with Gasteiger partial charge in [-0.1, -0.05) is 47.5 Å². The summed E-state index contributed by atoms with van der Waals surface area (Å²) in [7, 11) is 0. The first-order chi connectivity index (χ1) is 13.0. The largest absolute Gasteiger partial charge is 0.322 e. The van der Waals surface area contributed by atoms with E-state index in [1.54, 1.807) is 11.3 Å². The Labute approximate surface area is 169 Å². The summed E-state index contributed by atoms with van der Waals surface area (Å²) in [4.78, 5) is 21.2. The Bertz CT molecular complexity index is 1140. The summed E-state index contributed by atoms with van der Waals surface area (Å²) < 4.78 is 1.12. The monoisotopic (exact) mass is 413 g/mol. The van der Waals surface area contributed by atoms with Crippen LogP contribution in [0.5, 0.6) is 0 Å². The molecule has 4 nitrogen and oxygen atoms in total. The van der Waals surface area contributed by atoms with Gasteiger partial charge in [-0.15, -0.1) is 11.3 Å². The molecule has 1 N–H and O–H groups in total. The number of aromatic nitrogens is 2. The molecule has 0 aliphatic rings. The summed E-state index contributed by atoms with van der Waals surface area (Å²) >= 11 is 13.5. The molecule has 2 aromatic heterocycles. The minimum Gasteiger partial charge on any atom is -0.322 e. The number of fused-ring (bicyclic) bond motifs is 1. The van der Waals surface area contributed by atoms with Crippen molar-refractivity contribution in [3.8, 4) is 10.6 Å². The molecule has 134 valence electrons. The molecule has 0 aliphatic heterocycles. The van der Waals surface area contributed by atoms with Crippen LogP contribution in [-0.4, -0.2) is 15.9 Å². The second-order valence-electron chi connectivity index (χ2n) is 5.96. The van der Waals surface area contributed by atoms with Gasteiger partial charge in [0.05, 0.1) is 20.8 Å². The number of aryl methyl sites for hydroxylation is 1. The van der Waals surface area contributed by atoms with Crippen molar-refractivity contribution in [3.63, 3.8) is 0 Å². The number of benzene rings is 2. The van der Waals surface area contributed by atoms with E-state index in [0.29, 0.717) is 5.69 Å². The Balaban J connectivity index is 1.67. The summed E-state index contributed by atoms with van der Waals surface area (Å²) in [5, 5.41) is 4.30. The molecule has 2 heterocycles. The second kappa shape index (κ2) is 7.27. The van der Waals surface area contributed by atoms with Crippen LogP contribution in [0.3, 0.4) is 0 Å². The van der Waals surface area contributed by atoms with Crippen LogP contribution in [0.1, 0.15) is 15.9 Å². The van der Waals surface area contributed by atoms with Crippen molar-refractivity contribution in [1.82, 2.24) is 9.97 Å². The Morgan fingerprint density at radius 2 is 1.93 bits per heavy atom. The number of carbonyl (C=O) groups excluding carboxylic acids is 1. The minimum atomic E-state index is -0.339. The van der Waals surface area contributed by atoms with E-state index < -0.39 is 0 Å². The lowest BCUT2D eigenvalue weighted by Gasteiger charge is -2.10. The molecule has 7 heteroatoms. The first-order valence-electron chi connectivity index (χ1n) is 8.10. The van der Waals surface area contributed by atoms with Crippen molar-refractivity contribution in [2.75, 3.05) is 5.32 Å². The SMILES string of the molecule is Cc1ccc(-c2nc3ccccc3s2)cc1NC(=O)c1cnc(Cl)cc1Cl. The molecular weight excluding hydrogens is 401 g/mol. The van der Waals surface area contributed by atoms with E-state index in [4.69, 9.17) is 23.2 Å². The number of para-hydroxylation sites is 1. The molecule has 0 atom stereocenters. The van der Waals surface area contributed by atoms with E-state index in [1.807, 2.05) is 49.4 Å². The van der Waals surface area contributed by atoms with Crippen LogP contribution in [0.15, 0.2) is 54.7 Å². The fourth-order valence-corrected chi connectivity index (χ4v) is 4.06. The average Bonchev–Trinajstić information content (AvgIpc) is 3.07. The Morgan fingerprint density at radius 3 is 2.70 bits per heavy atom. The zero-order valence-corrected chi connectivity index (χ0v) is 16.5. The molecule has 0 radical (unpaired) electrons. The first kappa shape index (κ1) is 17.9. The normalized spacial score (nSPS) is 10.9. The van der Waals surface area contributed by atoms with Crippen molar-refractivity contribution in [2.45, 2.75) is 6.92 Å². The third-order valence-electron chi connectivity index (χ3n) is 4.09. The molecule has 0 fully saturated rings. The summed E-state index contributed by atoms with van der Waals surface area (Å²) in [6, 6.07) is 15.3. The van der Waals surface area contributed by atoms with Crippen molar-refractivity contribution in [1.29, 1.82) is 0 Å². The highest BCUT2D eigenvalue weighted by molar-refractivity contribution is 7.21. The molecule has 0 unspecified atom stereocenters. The minimum absolute atomic E-state index is 0.241. The quantitative estimate of drug-likeness (QED) is 0.405. The van der Waals surface area contributed by atoms with Crippen LogP contribution < -0.4 is 5.32 Å². The van der Waals surface area contributed by atoms with Crippen molar-refractivity contribution in [2.24, 2.45) is 0 Å². The van der Waals surface area contributed by atoms with Crippen LogP contribution in [-0.2, 0) is 0 Å². The third-order valence-corrected chi connectivity index (χ3v) is 5.70. The van der Waals surface area contributed by atoms with Gasteiger partial charge < -0.3 is 5.32 Å². The molecule has 0 aliphatic carbocycles. The number of anilines is 1. The molecule has 4 aromatic rings. The van der Waals surface area contributed by atoms with E-state index in [1.165, 1.54) is 12.3 Å². The van der Waals surface area contributed by atoms with Gasteiger partial charge in [-0.25, -0.2) is 9.97 Å². The standard InChI is InChI=1S/C20H13Cl2N3OS/c1-11-6-7-12(20-25-15-4-2-3-5-17(15)27-20)8-16(11)24-19(26)13-10-23-18(22)9-14(13)21/h2-10H,1H3,(H,24,26). The van der Waals surface area contributed by atoms with Gasteiger partial charge in [0.1, 0.15) is 10.2 Å². The lowest BCUT2D eigenvalue weighted by molar-refractivity contribution is 0.102. The Hall–Kier alpha value is -2.47. The molecule has 0 spiro atoms. The number of halogens is 2. The number of rotatable bonds is 3. The van der Waals surface area contributed by atoms with Crippen molar-refractivity contribution < 1.29 is 4.79 Å².